The highest BCUT2D eigenvalue weighted by molar-refractivity contribution is 6.30. The highest BCUT2D eigenvalue weighted by atomic mass is 35.5. The normalized spacial score (nSPS) is 13.9. The standard InChI is InChI=1S/C16H18ClN3/c1-11-6-8-12(9-7-11)10-18-16-19-14-5-3-2-4-13(14)15(17)20-16/h6-9H,2-5,10H2,1H3,(H,18,19,20). The molecule has 1 aromatic carbocycles. The van der Waals surface area contributed by atoms with E-state index in [1.807, 2.05) is 0 Å². The van der Waals surface area contributed by atoms with Crippen LogP contribution in [0.3, 0.4) is 0 Å². The molecule has 3 nitrogen and oxygen atoms in total. The molecule has 0 radical (unpaired) electrons. The average molecular weight is 288 g/mol. The minimum absolute atomic E-state index is 0.612. The van der Waals surface area contributed by atoms with Crippen molar-refractivity contribution in [2.45, 2.75) is 39.2 Å². The Morgan fingerprint density at radius 1 is 1.10 bits per heavy atom. The maximum atomic E-state index is 6.26. The Hall–Kier alpha value is -1.61. The number of nitrogens with one attached hydrogen (secondary N) is 1. The lowest BCUT2D eigenvalue weighted by Crippen LogP contribution is -2.11. The van der Waals surface area contributed by atoms with Crippen LogP contribution in [0.25, 0.3) is 0 Å². The van der Waals surface area contributed by atoms with Crippen LogP contribution in [0.15, 0.2) is 24.3 Å². The van der Waals surface area contributed by atoms with Crippen molar-refractivity contribution in [3.63, 3.8) is 0 Å². The number of hydrogen-bond donors (Lipinski definition) is 1. The SMILES string of the molecule is Cc1ccc(CNc2nc(Cl)c3c(n2)CCCC3)cc1. The summed E-state index contributed by atoms with van der Waals surface area (Å²) in [6.07, 6.45) is 4.40. The smallest absolute Gasteiger partial charge is 0.224 e. The second kappa shape index (κ2) is 5.80. The number of nitrogens with zero attached hydrogens (tertiary/aromatic N) is 2. The molecular formula is C16H18ClN3. The van der Waals surface area contributed by atoms with E-state index in [2.05, 4.69) is 46.5 Å². The van der Waals surface area contributed by atoms with Crippen molar-refractivity contribution in [2.75, 3.05) is 5.32 Å². The van der Waals surface area contributed by atoms with E-state index in [0.717, 1.165) is 30.6 Å². The fourth-order valence-electron chi connectivity index (χ4n) is 2.51. The predicted octanol–water partition coefficient (Wildman–Crippen LogP) is 3.93. The largest absolute Gasteiger partial charge is 0.350 e. The van der Waals surface area contributed by atoms with Gasteiger partial charge >= 0.3 is 0 Å². The van der Waals surface area contributed by atoms with Gasteiger partial charge < -0.3 is 5.32 Å². The quantitative estimate of drug-likeness (QED) is 0.869. The number of rotatable bonds is 3. The number of anilines is 1. The molecule has 1 aliphatic rings. The Labute approximate surface area is 124 Å². The van der Waals surface area contributed by atoms with Crippen LogP contribution < -0.4 is 5.32 Å². The minimum Gasteiger partial charge on any atom is -0.350 e. The molecule has 2 aromatic rings. The summed E-state index contributed by atoms with van der Waals surface area (Å²) in [7, 11) is 0. The molecule has 0 atom stereocenters. The Balaban J connectivity index is 1.74. The molecule has 0 unspecified atom stereocenters. The number of hydrogen-bond acceptors (Lipinski definition) is 3. The summed E-state index contributed by atoms with van der Waals surface area (Å²) < 4.78 is 0. The van der Waals surface area contributed by atoms with Gasteiger partial charge in [0.2, 0.25) is 5.95 Å². The lowest BCUT2D eigenvalue weighted by molar-refractivity contribution is 0.663. The molecule has 0 fully saturated rings. The van der Waals surface area contributed by atoms with Gasteiger partial charge in [-0.2, -0.15) is 0 Å². The van der Waals surface area contributed by atoms with Gasteiger partial charge in [-0.05, 0) is 38.2 Å². The Morgan fingerprint density at radius 3 is 2.65 bits per heavy atom. The summed E-state index contributed by atoms with van der Waals surface area (Å²) in [4.78, 5) is 8.96. The molecule has 3 rings (SSSR count). The van der Waals surface area contributed by atoms with Crippen molar-refractivity contribution in [1.82, 2.24) is 9.97 Å². The van der Waals surface area contributed by atoms with Crippen molar-refractivity contribution in [3.05, 3.63) is 51.8 Å². The summed E-state index contributed by atoms with van der Waals surface area (Å²) in [6.45, 7) is 2.80. The van der Waals surface area contributed by atoms with E-state index in [1.165, 1.54) is 24.0 Å². The van der Waals surface area contributed by atoms with Gasteiger partial charge in [0.05, 0.1) is 5.69 Å². The molecule has 104 valence electrons. The fraction of sp³-hybridized carbons (Fsp3) is 0.375. The number of aryl methyl sites for hydroxylation is 2. The molecule has 1 aromatic heterocycles. The van der Waals surface area contributed by atoms with Crippen molar-refractivity contribution < 1.29 is 0 Å². The Kier molecular flexibility index (Phi) is 3.88. The topological polar surface area (TPSA) is 37.8 Å². The molecular weight excluding hydrogens is 270 g/mol. The zero-order valence-corrected chi connectivity index (χ0v) is 12.4. The van der Waals surface area contributed by atoms with Gasteiger partial charge in [0.15, 0.2) is 0 Å². The molecule has 4 heteroatoms. The van der Waals surface area contributed by atoms with Gasteiger partial charge in [0.25, 0.3) is 0 Å². The molecule has 20 heavy (non-hydrogen) atoms. The Bertz CT molecular complexity index is 608. The first-order chi connectivity index (χ1) is 9.72. The maximum absolute atomic E-state index is 6.26. The highest BCUT2D eigenvalue weighted by Gasteiger charge is 2.16. The maximum Gasteiger partial charge on any atom is 0.224 e. The van der Waals surface area contributed by atoms with Gasteiger partial charge in [0.1, 0.15) is 5.15 Å². The van der Waals surface area contributed by atoms with E-state index in [1.54, 1.807) is 0 Å². The second-order valence-electron chi connectivity index (χ2n) is 5.31. The summed E-state index contributed by atoms with van der Waals surface area (Å²) >= 11 is 6.26. The number of fused-ring (bicyclic) bond motifs is 1. The Morgan fingerprint density at radius 2 is 1.85 bits per heavy atom. The number of benzene rings is 1. The molecule has 0 saturated heterocycles. The van der Waals surface area contributed by atoms with Crippen LogP contribution in [-0.2, 0) is 19.4 Å². The summed E-state index contributed by atoms with van der Waals surface area (Å²) in [6, 6.07) is 8.44. The number of halogens is 1. The van der Waals surface area contributed by atoms with Crippen LogP contribution >= 0.6 is 11.6 Å². The molecule has 0 bridgehead atoms. The molecule has 1 aliphatic carbocycles. The van der Waals surface area contributed by atoms with E-state index in [9.17, 15) is 0 Å². The second-order valence-corrected chi connectivity index (χ2v) is 5.67. The number of aromatic nitrogens is 2. The predicted molar refractivity (Wildman–Crippen MR) is 82.2 cm³/mol. The monoisotopic (exact) mass is 287 g/mol. The highest BCUT2D eigenvalue weighted by Crippen LogP contribution is 2.26. The van der Waals surface area contributed by atoms with Gasteiger partial charge in [-0.3, -0.25) is 0 Å². The van der Waals surface area contributed by atoms with Crippen LogP contribution in [-0.4, -0.2) is 9.97 Å². The average Bonchev–Trinajstić information content (AvgIpc) is 2.47. The minimum atomic E-state index is 0.612. The first kappa shape index (κ1) is 13.4. The third-order valence-corrected chi connectivity index (χ3v) is 4.02. The van der Waals surface area contributed by atoms with Gasteiger partial charge in [-0.15, -0.1) is 0 Å². The summed E-state index contributed by atoms with van der Waals surface area (Å²) in [5.41, 5.74) is 4.73. The third kappa shape index (κ3) is 2.93. The van der Waals surface area contributed by atoms with Gasteiger partial charge in [0, 0.05) is 12.1 Å². The fourth-order valence-corrected chi connectivity index (χ4v) is 2.80. The summed E-state index contributed by atoms with van der Waals surface area (Å²) in [5, 5.41) is 3.88. The van der Waals surface area contributed by atoms with E-state index in [-0.39, 0.29) is 0 Å². The molecule has 0 saturated carbocycles. The van der Waals surface area contributed by atoms with E-state index < -0.39 is 0 Å². The molecule has 0 aliphatic heterocycles. The van der Waals surface area contributed by atoms with Crippen molar-refractivity contribution >= 4 is 17.5 Å². The third-order valence-electron chi connectivity index (χ3n) is 3.70. The van der Waals surface area contributed by atoms with Gasteiger partial charge in [-0.1, -0.05) is 41.4 Å². The first-order valence-electron chi connectivity index (χ1n) is 7.07. The van der Waals surface area contributed by atoms with Crippen molar-refractivity contribution in [2.24, 2.45) is 0 Å². The first-order valence-corrected chi connectivity index (χ1v) is 7.45. The molecule has 1 heterocycles. The van der Waals surface area contributed by atoms with Gasteiger partial charge in [-0.25, -0.2) is 9.97 Å². The van der Waals surface area contributed by atoms with E-state index >= 15 is 0 Å². The molecule has 1 N–H and O–H groups in total. The van der Waals surface area contributed by atoms with Crippen LogP contribution in [0.5, 0.6) is 0 Å². The van der Waals surface area contributed by atoms with E-state index in [4.69, 9.17) is 11.6 Å². The molecule has 0 spiro atoms. The summed E-state index contributed by atoms with van der Waals surface area (Å²) in [5.74, 6) is 0.635. The van der Waals surface area contributed by atoms with Crippen LogP contribution in [0.4, 0.5) is 5.95 Å². The zero-order valence-electron chi connectivity index (χ0n) is 11.6. The molecule has 0 amide bonds. The van der Waals surface area contributed by atoms with Crippen LogP contribution in [0.2, 0.25) is 5.15 Å². The lowest BCUT2D eigenvalue weighted by Gasteiger charge is -2.16. The lowest BCUT2D eigenvalue weighted by atomic mass is 9.97. The van der Waals surface area contributed by atoms with Crippen molar-refractivity contribution in [1.29, 1.82) is 0 Å². The van der Waals surface area contributed by atoms with Crippen LogP contribution in [0, 0.1) is 6.92 Å². The van der Waals surface area contributed by atoms with E-state index in [0.29, 0.717) is 11.1 Å². The zero-order chi connectivity index (χ0) is 13.9. The van der Waals surface area contributed by atoms with Crippen LogP contribution in [0.1, 0.15) is 35.2 Å². The van der Waals surface area contributed by atoms with Crippen molar-refractivity contribution in [3.8, 4) is 0 Å².